The molecule has 1 radical (unpaired) electrons. The van der Waals surface area contributed by atoms with Crippen LogP contribution < -0.4 is 44.2 Å². The van der Waals surface area contributed by atoms with Crippen LogP contribution in [-0.4, -0.2) is 0 Å². The topological polar surface area (TPSA) is 19.9 Å². The van der Waals surface area contributed by atoms with Crippen molar-refractivity contribution < 1.29 is 36.5 Å². The molecule has 0 fully saturated rings. The maximum Gasteiger partial charge on any atom is 0 e. The van der Waals surface area contributed by atoms with Gasteiger partial charge in [0.15, 0.2) is 0 Å². The molecule has 0 bridgehead atoms. The van der Waals surface area contributed by atoms with Crippen molar-refractivity contribution >= 4 is 47.7 Å². The van der Waals surface area contributed by atoms with Crippen LogP contribution in [0.2, 0.25) is 0 Å². The molecule has 1 nitrogen and oxygen atoms in total. The smallest absolute Gasteiger partial charge is 0 e. The van der Waals surface area contributed by atoms with Gasteiger partial charge in [-0.1, -0.05) is 182 Å². The molecule has 0 aliphatic carbocycles. The van der Waals surface area contributed by atoms with Gasteiger partial charge in [0.05, 0.1) is 0 Å². The Morgan fingerprint density at radius 3 is 0.524 bits per heavy atom. The van der Waals surface area contributed by atoms with Crippen molar-refractivity contribution in [3.8, 4) is 0 Å². The second-order valence-electron chi connectivity index (χ2n) is 8.68. The number of halogens is 1. The van der Waals surface area contributed by atoms with Crippen molar-refractivity contribution in [1.82, 2.24) is 0 Å². The first kappa shape index (κ1) is 35.0. The molecule has 6 aromatic rings. The monoisotopic (exact) mass is 690 g/mol. The summed E-state index contributed by atoms with van der Waals surface area (Å²) in [7, 11) is -0.892. The van der Waals surface area contributed by atoms with Gasteiger partial charge in [-0.15, -0.1) is 0 Å². The Morgan fingerprint density at radius 2 is 0.405 bits per heavy atom. The van der Waals surface area contributed by atoms with E-state index in [0.717, 1.165) is 0 Å². The standard InChI is InChI=1S/2C18H15P.CO.ClH.Rh/c2*1-4-10-16(11-5-1)19(17-12-6-2-7-13-17)18-14-8-3-9-15-18;1-2;;/h2*1-15H;;1H;/p-1. The molecule has 6 rings (SSSR count). The first-order valence-electron chi connectivity index (χ1n) is 13.0. The predicted octanol–water partition coefficient (Wildman–Crippen LogP) is 3.85. The van der Waals surface area contributed by atoms with Gasteiger partial charge in [-0.05, 0) is 47.7 Å². The molecule has 0 aliphatic rings. The van der Waals surface area contributed by atoms with E-state index >= 15 is 0 Å². The van der Waals surface area contributed by atoms with E-state index in [1.165, 1.54) is 31.8 Å². The van der Waals surface area contributed by atoms with Crippen LogP contribution in [0.5, 0.6) is 0 Å². The third kappa shape index (κ3) is 9.98. The molecule has 211 valence electrons. The summed E-state index contributed by atoms with van der Waals surface area (Å²) in [4.78, 5) is 0. The van der Waals surface area contributed by atoms with E-state index in [1.54, 1.807) is 0 Å². The van der Waals surface area contributed by atoms with E-state index in [9.17, 15) is 0 Å². The van der Waals surface area contributed by atoms with Crippen molar-refractivity contribution in [2.75, 3.05) is 0 Å². The summed E-state index contributed by atoms with van der Waals surface area (Å²) in [6.45, 7) is 4.50. The van der Waals surface area contributed by atoms with Crippen molar-refractivity contribution in [1.29, 1.82) is 0 Å². The van der Waals surface area contributed by atoms with Crippen LogP contribution in [0, 0.1) is 6.65 Å². The molecule has 0 spiro atoms. The Balaban J connectivity index is 0.000000265. The molecule has 0 saturated heterocycles. The summed E-state index contributed by atoms with van der Waals surface area (Å²) in [5.74, 6) is 0. The van der Waals surface area contributed by atoms with E-state index in [-0.39, 0.29) is 31.9 Å². The summed E-state index contributed by atoms with van der Waals surface area (Å²) in [5, 5.41) is 8.39. The zero-order valence-electron chi connectivity index (χ0n) is 22.8. The molecule has 0 atom stereocenters. The number of benzene rings is 6. The third-order valence-electron chi connectivity index (χ3n) is 6.09. The van der Waals surface area contributed by atoms with Crippen LogP contribution in [-0.2, 0) is 24.1 Å². The van der Waals surface area contributed by atoms with Crippen LogP contribution in [0.4, 0.5) is 0 Å². The van der Waals surface area contributed by atoms with Gasteiger partial charge in [-0.2, -0.15) is 0 Å². The second kappa shape index (κ2) is 19.9. The average molecular weight is 691 g/mol. The Morgan fingerprint density at radius 1 is 0.286 bits per heavy atom. The normalized spacial score (nSPS) is 9.62. The molecule has 6 aromatic carbocycles. The van der Waals surface area contributed by atoms with Crippen LogP contribution in [0.25, 0.3) is 0 Å². The molecule has 42 heavy (non-hydrogen) atoms. The van der Waals surface area contributed by atoms with Gasteiger partial charge in [0.1, 0.15) is 0 Å². The van der Waals surface area contributed by atoms with Gasteiger partial charge >= 0.3 is 11.3 Å². The minimum absolute atomic E-state index is 0. The van der Waals surface area contributed by atoms with Crippen molar-refractivity contribution in [2.45, 2.75) is 0 Å². The van der Waals surface area contributed by atoms with Gasteiger partial charge in [-0.25, -0.2) is 0 Å². The first-order chi connectivity index (χ1) is 19.9. The van der Waals surface area contributed by atoms with Gasteiger partial charge in [0, 0.05) is 19.5 Å². The Kier molecular flexibility index (Phi) is 16.6. The Bertz CT molecular complexity index is 1230. The zero-order chi connectivity index (χ0) is 27.8. The molecular weight excluding hydrogens is 661 g/mol. The molecule has 0 unspecified atom stereocenters. The summed E-state index contributed by atoms with van der Waals surface area (Å²) in [6.07, 6.45) is 0. The summed E-state index contributed by atoms with van der Waals surface area (Å²) < 4.78 is 7.50. The van der Waals surface area contributed by atoms with Crippen molar-refractivity contribution in [3.05, 3.63) is 189 Å². The van der Waals surface area contributed by atoms with E-state index < -0.39 is 15.8 Å². The molecule has 5 heteroatoms. The number of hydrogen-bond donors (Lipinski definition) is 0. The molecule has 0 aliphatic heterocycles. The van der Waals surface area contributed by atoms with Gasteiger partial charge < -0.3 is 12.4 Å². The first-order valence-corrected chi connectivity index (χ1v) is 15.7. The Hall–Kier alpha value is -3.17. The van der Waals surface area contributed by atoms with Crippen molar-refractivity contribution in [2.24, 2.45) is 0 Å². The summed E-state index contributed by atoms with van der Waals surface area (Å²) in [5.41, 5.74) is 0. The fourth-order valence-corrected chi connectivity index (χ4v) is 8.97. The van der Waals surface area contributed by atoms with Gasteiger partial charge in [-0.3, -0.25) is 0 Å². The summed E-state index contributed by atoms with van der Waals surface area (Å²) in [6, 6.07) is 64.7. The minimum Gasteiger partial charge on any atom is -1.00 e. The van der Waals surface area contributed by atoms with Crippen LogP contribution in [0.3, 0.4) is 0 Å². The molecule has 0 saturated carbocycles. The summed E-state index contributed by atoms with van der Waals surface area (Å²) >= 11 is 0. The maximum absolute atomic E-state index is 7.50. The number of rotatable bonds is 6. The molecule has 0 aromatic heterocycles. The third-order valence-corrected chi connectivity index (χ3v) is 11.0. The maximum atomic E-state index is 7.50. The number of hydrogen-bond acceptors (Lipinski definition) is 0. The Labute approximate surface area is 271 Å². The molecule has 0 amide bonds. The van der Waals surface area contributed by atoms with Crippen LogP contribution in [0.15, 0.2) is 182 Å². The van der Waals surface area contributed by atoms with Gasteiger partial charge in [0.2, 0.25) is 0 Å². The second-order valence-corrected chi connectivity index (χ2v) is 13.1. The predicted molar refractivity (Wildman–Crippen MR) is 174 cm³/mol. The fourth-order valence-electron chi connectivity index (χ4n) is 4.36. The minimum atomic E-state index is -0.446. The molecule has 0 heterocycles. The largest absolute Gasteiger partial charge is 1.00 e. The quantitative estimate of drug-likeness (QED) is 0.110. The molecular formula is C37H30ClOP2Rh-. The fraction of sp³-hybridized carbons (Fsp3) is 0. The van der Waals surface area contributed by atoms with Crippen LogP contribution in [0.1, 0.15) is 0 Å². The SMILES string of the molecule is [C-]#[O+].[Cl-].[Rh].c1ccc(P(c2ccccc2)c2ccccc2)cc1.c1ccc(P(c2ccccc2)c2ccccc2)cc1. The zero-order valence-corrected chi connectivity index (χ0v) is 27.0. The van der Waals surface area contributed by atoms with Gasteiger partial charge in [0.25, 0.3) is 0 Å². The van der Waals surface area contributed by atoms with E-state index in [0.29, 0.717) is 0 Å². The van der Waals surface area contributed by atoms with E-state index in [1.807, 2.05) is 0 Å². The van der Waals surface area contributed by atoms with E-state index in [2.05, 4.69) is 189 Å². The van der Waals surface area contributed by atoms with Crippen molar-refractivity contribution in [3.63, 3.8) is 0 Å². The van der Waals surface area contributed by atoms with Crippen LogP contribution >= 0.6 is 15.8 Å². The van der Waals surface area contributed by atoms with E-state index in [4.69, 9.17) is 4.65 Å². The average Bonchev–Trinajstić information content (AvgIpc) is 3.06. The molecule has 0 N–H and O–H groups in total.